The fourth-order valence-electron chi connectivity index (χ4n) is 4.57. The zero-order valence-corrected chi connectivity index (χ0v) is 22.2. The number of carbonyl (C=O) groups is 1. The van der Waals surface area contributed by atoms with Gasteiger partial charge in [-0.2, -0.15) is 0 Å². The summed E-state index contributed by atoms with van der Waals surface area (Å²) in [6.07, 6.45) is 1.60. The minimum absolute atomic E-state index is 0.0887. The van der Waals surface area contributed by atoms with Gasteiger partial charge in [-0.3, -0.25) is 4.79 Å². The minimum atomic E-state index is -0.307. The standard InChI is InChI=1S/C33H28FN3O3/c1-20-31(36-30-8-4-7-29(35-30)27-5-3-6-28(34)19-27)32(40-37-20)25-15-13-24(14-16-25)23-11-9-22(10-12-23)21(2)39-33(38)26-17-18-26/h3-16,19,21,26H,17-18H2,1-2H3,(H,35,36). The fraction of sp³-hybridized carbons (Fsp3) is 0.182. The Kier molecular flexibility index (Phi) is 6.86. The lowest BCUT2D eigenvalue weighted by Gasteiger charge is -2.14. The van der Waals surface area contributed by atoms with Crippen LogP contribution in [0.4, 0.5) is 15.9 Å². The molecule has 7 heteroatoms. The predicted octanol–water partition coefficient (Wildman–Crippen LogP) is 8.28. The smallest absolute Gasteiger partial charge is 0.309 e. The number of hydrogen-bond acceptors (Lipinski definition) is 6. The van der Waals surface area contributed by atoms with Gasteiger partial charge in [0.25, 0.3) is 0 Å². The molecule has 0 radical (unpaired) electrons. The molecule has 0 saturated heterocycles. The van der Waals surface area contributed by atoms with Crippen molar-refractivity contribution in [1.82, 2.24) is 10.1 Å². The van der Waals surface area contributed by atoms with Crippen LogP contribution in [0.3, 0.4) is 0 Å². The number of carbonyl (C=O) groups excluding carboxylic acids is 1. The van der Waals surface area contributed by atoms with Crippen LogP contribution in [0.1, 0.15) is 37.1 Å². The Morgan fingerprint density at radius 2 is 1.60 bits per heavy atom. The predicted molar refractivity (Wildman–Crippen MR) is 152 cm³/mol. The van der Waals surface area contributed by atoms with E-state index >= 15 is 0 Å². The van der Waals surface area contributed by atoms with Crippen LogP contribution in [0.5, 0.6) is 0 Å². The third-order valence-corrected chi connectivity index (χ3v) is 7.05. The number of benzene rings is 3. The maximum absolute atomic E-state index is 13.7. The quantitative estimate of drug-likeness (QED) is 0.202. The van der Waals surface area contributed by atoms with Gasteiger partial charge in [0, 0.05) is 11.1 Å². The van der Waals surface area contributed by atoms with Gasteiger partial charge in [-0.15, -0.1) is 0 Å². The number of aromatic nitrogens is 2. The van der Waals surface area contributed by atoms with Crippen LogP contribution in [-0.2, 0) is 9.53 Å². The number of halogens is 1. The van der Waals surface area contributed by atoms with E-state index in [-0.39, 0.29) is 23.8 Å². The van der Waals surface area contributed by atoms with E-state index in [0.29, 0.717) is 28.5 Å². The van der Waals surface area contributed by atoms with Crippen molar-refractivity contribution in [2.24, 2.45) is 5.92 Å². The Labute approximate surface area is 231 Å². The number of esters is 1. The molecule has 6 nitrogen and oxygen atoms in total. The number of nitrogens with one attached hydrogen (secondary N) is 1. The average molecular weight is 534 g/mol. The molecule has 1 aliphatic rings. The normalized spacial score (nSPS) is 13.6. The number of pyridine rings is 1. The first-order chi connectivity index (χ1) is 19.4. The molecule has 1 fully saturated rings. The van der Waals surface area contributed by atoms with E-state index in [1.807, 2.05) is 86.6 Å². The number of anilines is 2. The molecule has 1 N–H and O–H groups in total. The van der Waals surface area contributed by atoms with Gasteiger partial charge >= 0.3 is 5.97 Å². The van der Waals surface area contributed by atoms with E-state index < -0.39 is 0 Å². The molecular weight excluding hydrogens is 505 g/mol. The van der Waals surface area contributed by atoms with Crippen LogP contribution >= 0.6 is 0 Å². The van der Waals surface area contributed by atoms with Crippen molar-refractivity contribution in [3.63, 3.8) is 0 Å². The molecule has 200 valence electrons. The van der Waals surface area contributed by atoms with Crippen molar-refractivity contribution in [1.29, 1.82) is 0 Å². The lowest BCUT2D eigenvalue weighted by molar-refractivity contribution is -0.150. The van der Waals surface area contributed by atoms with Crippen molar-refractivity contribution in [3.8, 4) is 33.7 Å². The van der Waals surface area contributed by atoms with Gasteiger partial charge in [0.05, 0.1) is 11.6 Å². The van der Waals surface area contributed by atoms with Gasteiger partial charge in [0.1, 0.15) is 29.1 Å². The molecule has 0 aliphatic heterocycles. The van der Waals surface area contributed by atoms with Crippen LogP contribution in [0.25, 0.3) is 33.7 Å². The summed E-state index contributed by atoms with van der Waals surface area (Å²) in [5.41, 5.74) is 6.71. The van der Waals surface area contributed by atoms with Gasteiger partial charge in [-0.25, -0.2) is 9.37 Å². The SMILES string of the molecule is Cc1noc(-c2ccc(-c3ccc(C(C)OC(=O)C4CC4)cc3)cc2)c1Nc1cccc(-c2cccc(F)c2)n1. The van der Waals surface area contributed by atoms with Crippen LogP contribution < -0.4 is 5.32 Å². The number of aryl methyl sites for hydroxylation is 1. The van der Waals surface area contributed by atoms with Crippen molar-refractivity contribution < 1.29 is 18.4 Å². The molecule has 5 aromatic rings. The highest BCUT2D eigenvalue weighted by Gasteiger charge is 2.32. The van der Waals surface area contributed by atoms with Crippen LogP contribution in [-0.4, -0.2) is 16.1 Å². The Balaban J connectivity index is 1.19. The molecule has 3 aromatic carbocycles. The minimum Gasteiger partial charge on any atom is -0.458 e. The summed E-state index contributed by atoms with van der Waals surface area (Å²) < 4.78 is 25.0. The maximum atomic E-state index is 13.7. The summed E-state index contributed by atoms with van der Waals surface area (Å²) in [6.45, 7) is 3.77. The lowest BCUT2D eigenvalue weighted by Crippen LogP contribution is -2.10. The van der Waals surface area contributed by atoms with E-state index in [0.717, 1.165) is 40.8 Å². The Morgan fingerprint density at radius 1 is 0.925 bits per heavy atom. The zero-order chi connectivity index (χ0) is 27.6. The van der Waals surface area contributed by atoms with Crippen molar-refractivity contribution in [2.75, 3.05) is 5.32 Å². The second-order valence-corrected chi connectivity index (χ2v) is 10.1. The molecule has 2 aromatic heterocycles. The summed E-state index contributed by atoms with van der Waals surface area (Å²) in [4.78, 5) is 16.6. The van der Waals surface area contributed by atoms with Gasteiger partial charge in [0.15, 0.2) is 5.76 Å². The molecule has 0 spiro atoms. The molecule has 1 aliphatic carbocycles. The second kappa shape index (κ2) is 10.8. The van der Waals surface area contributed by atoms with Gasteiger partial charge in [0.2, 0.25) is 0 Å². The summed E-state index contributed by atoms with van der Waals surface area (Å²) in [5, 5.41) is 7.51. The first-order valence-electron chi connectivity index (χ1n) is 13.3. The Morgan fingerprint density at radius 3 is 2.30 bits per heavy atom. The summed E-state index contributed by atoms with van der Waals surface area (Å²) in [7, 11) is 0. The Bertz CT molecular complexity index is 1660. The van der Waals surface area contributed by atoms with E-state index in [9.17, 15) is 9.18 Å². The third kappa shape index (κ3) is 5.50. The third-order valence-electron chi connectivity index (χ3n) is 7.05. The highest BCUT2D eigenvalue weighted by molar-refractivity contribution is 5.79. The Hall–Kier alpha value is -4.78. The molecule has 2 heterocycles. The first-order valence-corrected chi connectivity index (χ1v) is 13.3. The monoisotopic (exact) mass is 533 g/mol. The summed E-state index contributed by atoms with van der Waals surface area (Å²) in [6, 6.07) is 28.0. The molecule has 40 heavy (non-hydrogen) atoms. The lowest BCUT2D eigenvalue weighted by atomic mass is 10.0. The zero-order valence-electron chi connectivity index (χ0n) is 22.2. The van der Waals surface area contributed by atoms with E-state index in [2.05, 4.69) is 15.5 Å². The van der Waals surface area contributed by atoms with E-state index in [1.54, 1.807) is 6.07 Å². The van der Waals surface area contributed by atoms with Crippen LogP contribution in [0, 0.1) is 18.7 Å². The molecule has 1 unspecified atom stereocenters. The number of rotatable bonds is 8. The van der Waals surface area contributed by atoms with E-state index in [1.165, 1.54) is 12.1 Å². The van der Waals surface area contributed by atoms with Gasteiger partial charge in [-0.05, 0) is 67.6 Å². The van der Waals surface area contributed by atoms with Gasteiger partial charge in [-0.1, -0.05) is 71.9 Å². The van der Waals surface area contributed by atoms with Crippen LogP contribution in [0.2, 0.25) is 0 Å². The van der Waals surface area contributed by atoms with Crippen LogP contribution in [0.15, 0.2) is 95.5 Å². The number of ether oxygens (including phenoxy) is 1. The topological polar surface area (TPSA) is 77.2 Å². The van der Waals surface area contributed by atoms with Crippen molar-refractivity contribution >= 4 is 17.5 Å². The maximum Gasteiger partial charge on any atom is 0.309 e. The van der Waals surface area contributed by atoms with Crippen molar-refractivity contribution in [3.05, 3.63) is 108 Å². The summed E-state index contributed by atoms with van der Waals surface area (Å²) in [5.74, 6) is 0.884. The van der Waals surface area contributed by atoms with E-state index in [4.69, 9.17) is 9.26 Å². The highest BCUT2D eigenvalue weighted by Crippen LogP contribution is 2.35. The molecule has 1 atom stereocenters. The molecule has 6 rings (SSSR count). The highest BCUT2D eigenvalue weighted by atomic mass is 19.1. The first kappa shape index (κ1) is 25.5. The van der Waals surface area contributed by atoms with Crippen molar-refractivity contribution in [2.45, 2.75) is 32.8 Å². The fourth-order valence-corrected chi connectivity index (χ4v) is 4.57. The molecule has 0 bridgehead atoms. The average Bonchev–Trinajstić information content (AvgIpc) is 3.77. The molecule has 0 amide bonds. The second-order valence-electron chi connectivity index (χ2n) is 10.1. The van der Waals surface area contributed by atoms with Gasteiger partial charge < -0.3 is 14.6 Å². The largest absolute Gasteiger partial charge is 0.458 e. The molecule has 1 saturated carbocycles. The summed E-state index contributed by atoms with van der Waals surface area (Å²) >= 11 is 0. The molecular formula is C33H28FN3O3. The number of hydrogen-bond donors (Lipinski definition) is 1. The number of nitrogens with zero attached hydrogens (tertiary/aromatic N) is 2.